The van der Waals surface area contributed by atoms with Gasteiger partial charge in [-0.1, -0.05) is 11.6 Å². The number of halogens is 1. The number of benzene rings is 1. The molecule has 1 aromatic carbocycles. The Morgan fingerprint density at radius 1 is 1.55 bits per heavy atom. The van der Waals surface area contributed by atoms with E-state index >= 15 is 0 Å². The molecule has 0 bridgehead atoms. The number of thiazole rings is 1. The second-order valence-corrected chi connectivity index (χ2v) is 5.58. The van der Waals surface area contributed by atoms with E-state index in [0.29, 0.717) is 11.6 Å². The first-order valence-electron chi connectivity index (χ1n) is 5.79. The van der Waals surface area contributed by atoms with Crippen LogP contribution in [0.4, 0.5) is 0 Å². The van der Waals surface area contributed by atoms with Gasteiger partial charge in [0.25, 0.3) is 0 Å². The number of aromatic nitrogens is 1. The molecule has 0 saturated heterocycles. The molecular weight excluding hydrogens is 298 g/mol. The molecule has 2 rings (SSSR count). The molecule has 0 radical (unpaired) electrons. The Kier molecular flexibility index (Phi) is 4.76. The average molecular weight is 310 g/mol. The first kappa shape index (κ1) is 14.6. The van der Waals surface area contributed by atoms with Gasteiger partial charge in [-0.3, -0.25) is 0 Å². The smallest absolute Gasteiger partial charge is 0.328 e. The molecule has 1 N–H and O–H groups in total. The first-order valence-corrected chi connectivity index (χ1v) is 6.98. The van der Waals surface area contributed by atoms with Crippen molar-refractivity contribution in [2.45, 2.75) is 13.5 Å². The first-order chi connectivity index (χ1) is 9.54. The van der Waals surface area contributed by atoms with Gasteiger partial charge in [0.1, 0.15) is 17.4 Å². The van der Waals surface area contributed by atoms with Gasteiger partial charge in [0.05, 0.1) is 0 Å². The lowest BCUT2D eigenvalue weighted by molar-refractivity contribution is -0.131. The van der Waals surface area contributed by atoms with E-state index in [1.165, 1.54) is 17.4 Å². The third-order valence-corrected chi connectivity index (χ3v) is 3.81. The number of carboxylic acid groups (broad SMARTS) is 1. The van der Waals surface area contributed by atoms with Gasteiger partial charge in [0.15, 0.2) is 0 Å². The monoisotopic (exact) mass is 309 g/mol. The summed E-state index contributed by atoms with van der Waals surface area (Å²) in [6.45, 7) is 2.25. The molecule has 0 fully saturated rings. The molecule has 0 unspecified atom stereocenters. The lowest BCUT2D eigenvalue weighted by atomic mass is 10.2. The van der Waals surface area contributed by atoms with Gasteiger partial charge in [-0.05, 0) is 36.8 Å². The molecule has 0 amide bonds. The van der Waals surface area contributed by atoms with E-state index in [1.54, 1.807) is 18.3 Å². The second-order valence-electron chi connectivity index (χ2n) is 4.03. The Balaban J connectivity index is 1.97. The summed E-state index contributed by atoms with van der Waals surface area (Å²) in [4.78, 5) is 15.4. The molecule has 1 heterocycles. The second kappa shape index (κ2) is 6.54. The molecule has 0 atom stereocenters. The fraction of sp³-hybridized carbons (Fsp3) is 0.143. The van der Waals surface area contributed by atoms with E-state index in [-0.39, 0.29) is 0 Å². The number of rotatable bonds is 5. The highest BCUT2D eigenvalue weighted by molar-refractivity contribution is 7.12. The van der Waals surface area contributed by atoms with Crippen molar-refractivity contribution in [1.82, 2.24) is 4.98 Å². The zero-order valence-electron chi connectivity index (χ0n) is 10.7. The molecule has 2 aromatic rings. The van der Waals surface area contributed by atoms with Crippen LogP contribution >= 0.6 is 22.9 Å². The Morgan fingerprint density at radius 3 is 3.05 bits per heavy atom. The minimum atomic E-state index is -0.979. The van der Waals surface area contributed by atoms with Crippen molar-refractivity contribution in [3.8, 4) is 5.75 Å². The molecule has 0 aliphatic heterocycles. The third kappa shape index (κ3) is 4.08. The third-order valence-electron chi connectivity index (χ3n) is 2.45. The Morgan fingerprint density at radius 2 is 2.35 bits per heavy atom. The SMILES string of the molecule is Cc1cc(OCc2ncc(/C=C/C(=O)O)s2)ccc1Cl. The van der Waals surface area contributed by atoms with Gasteiger partial charge < -0.3 is 9.84 Å². The van der Waals surface area contributed by atoms with Crippen molar-refractivity contribution in [1.29, 1.82) is 0 Å². The summed E-state index contributed by atoms with van der Waals surface area (Å²) >= 11 is 7.33. The molecule has 4 nitrogen and oxygen atoms in total. The van der Waals surface area contributed by atoms with Crippen molar-refractivity contribution in [3.05, 3.63) is 50.9 Å². The summed E-state index contributed by atoms with van der Waals surface area (Å²) in [6.07, 6.45) is 4.21. The number of nitrogens with zero attached hydrogens (tertiary/aromatic N) is 1. The van der Waals surface area contributed by atoms with Crippen molar-refractivity contribution in [2.24, 2.45) is 0 Å². The van der Waals surface area contributed by atoms with Crippen LogP contribution in [0.25, 0.3) is 6.08 Å². The number of aliphatic carboxylic acids is 1. The number of carbonyl (C=O) groups is 1. The number of carboxylic acids is 1. The molecule has 0 spiro atoms. The average Bonchev–Trinajstić information content (AvgIpc) is 2.86. The normalized spacial score (nSPS) is 10.9. The van der Waals surface area contributed by atoms with Crippen LogP contribution in [0.15, 0.2) is 30.5 Å². The number of hydrogen-bond donors (Lipinski definition) is 1. The fourth-order valence-corrected chi connectivity index (χ4v) is 2.33. The summed E-state index contributed by atoms with van der Waals surface area (Å²) in [6, 6.07) is 5.45. The van der Waals surface area contributed by atoms with E-state index in [1.807, 2.05) is 13.0 Å². The van der Waals surface area contributed by atoms with Gasteiger partial charge in [-0.15, -0.1) is 11.3 Å². The van der Waals surface area contributed by atoms with Gasteiger partial charge in [0, 0.05) is 22.2 Å². The molecule has 0 aliphatic rings. The van der Waals surface area contributed by atoms with E-state index < -0.39 is 5.97 Å². The summed E-state index contributed by atoms with van der Waals surface area (Å²) in [7, 11) is 0. The highest BCUT2D eigenvalue weighted by Crippen LogP contribution is 2.22. The fourth-order valence-electron chi connectivity index (χ4n) is 1.47. The highest BCUT2D eigenvalue weighted by Gasteiger charge is 2.03. The molecule has 20 heavy (non-hydrogen) atoms. The van der Waals surface area contributed by atoms with Crippen molar-refractivity contribution in [2.75, 3.05) is 0 Å². The Hall–Kier alpha value is -1.85. The van der Waals surface area contributed by atoms with Crippen LogP contribution in [0, 0.1) is 6.92 Å². The molecule has 104 valence electrons. The predicted molar refractivity (Wildman–Crippen MR) is 79.3 cm³/mol. The predicted octanol–water partition coefficient (Wildman–Crippen LogP) is 3.78. The zero-order valence-corrected chi connectivity index (χ0v) is 12.2. The largest absolute Gasteiger partial charge is 0.486 e. The number of hydrogen-bond acceptors (Lipinski definition) is 4. The quantitative estimate of drug-likeness (QED) is 0.854. The van der Waals surface area contributed by atoms with Crippen molar-refractivity contribution < 1.29 is 14.6 Å². The maximum absolute atomic E-state index is 10.4. The Labute approximate surface area is 125 Å². The maximum Gasteiger partial charge on any atom is 0.328 e. The van der Waals surface area contributed by atoms with E-state index in [0.717, 1.165) is 27.3 Å². The van der Waals surface area contributed by atoms with Crippen LogP contribution in [-0.4, -0.2) is 16.1 Å². The highest BCUT2D eigenvalue weighted by atomic mass is 35.5. The van der Waals surface area contributed by atoms with E-state index in [9.17, 15) is 4.79 Å². The van der Waals surface area contributed by atoms with Crippen LogP contribution in [0.5, 0.6) is 5.75 Å². The summed E-state index contributed by atoms with van der Waals surface area (Å²) in [5.74, 6) is -0.252. The number of aryl methyl sites for hydroxylation is 1. The van der Waals surface area contributed by atoms with Crippen molar-refractivity contribution >= 4 is 35.0 Å². The molecular formula is C14H12ClNO3S. The van der Waals surface area contributed by atoms with Crippen LogP contribution in [-0.2, 0) is 11.4 Å². The summed E-state index contributed by atoms with van der Waals surface area (Å²) in [5.41, 5.74) is 0.952. The molecule has 0 aliphatic carbocycles. The van der Waals surface area contributed by atoms with Crippen LogP contribution < -0.4 is 4.74 Å². The van der Waals surface area contributed by atoms with Crippen molar-refractivity contribution in [3.63, 3.8) is 0 Å². The minimum absolute atomic E-state index is 0.340. The number of ether oxygens (including phenoxy) is 1. The lowest BCUT2D eigenvalue weighted by Crippen LogP contribution is -1.94. The van der Waals surface area contributed by atoms with Crippen LogP contribution in [0.1, 0.15) is 15.4 Å². The van der Waals surface area contributed by atoms with Gasteiger partial charge in [0.2, 0.25) is 0 Å². The standard InChI is InChI=1S/C14H12ClNO3S/c1-9-6-10(2-4-12(9)15)19-8-13-16-7-11(20-13)3-5-14(17)18/h2-7H,8H2,1H3,(H,17,18)/b5-3+. The topological polar surface area (TPSA) is 59.4 Å². The van der Waals surface area contributed by atoms with Crippen LogP contribution in [0.2, 0.25) is 5.02 Å². The van der Waals surface area contributed by atoms with E-state index in [4.69, 9.17) is 21.4 Å². The summed E-state index contributed by atoms with van der Waals surface area (Å²) < 4.78 is 5.62. The Bertz CT molecular complexity index is 652. The minimum Gasteiger partial charge on any atom is -0.486 e. The summed E-state index contributed by atoms with van der Waals surface area (Å²) in [5, 5.41) is 10.0. The molecule has 6 heteroatoms. The van der Waals surface area contributed by atoms with Gasteiger partial charge >= 0.3 is 5.97 Å². The maximum atomic E-state index is 10.4. The zero-order chi connectivity index (χ0) is 14.5. The lowest BCUT2D eigenvalue weighted by Gasteiger charge is -2.05. The molecule has 1 aromatic heterocycles. The van der Waals surface area contributed by atoms with E-state index in [2.05, 4.69) is 4.98 Å². The molecule has 0 saturated carbocycles. The van der Waals surface area contributed by atoms with Gasteiger partial charge in [-0.25, -0.2) is 9.78 Å². The van der Waals surface area contributed by atoms with Crippen LogP contribution in [0.3, 0.4) is 0 Å². The van der Waals surface area contributed by atoms with Gasteiger partial charge in [-0.2, -0.15) is 0 Å².